The number of rotatable bonds is 5. The third-order valence-electron chi connectivity index (χ3n) is 2.87. The molecule has 0 atom stereocenters. The highest BCUT2D eigenvalue weighted by Gasteiger charge is 2.19. The SMILES string of the molecule is CN(Cc1cn[nH]c1)S(=O)(=O)Cc1ccc(C#N)cc1. The van der Waals surface area contributed by atoms with Crippen molar-refractivity contribution in [2.45, 2.75) is 12.3 Å². The summed E-state index contributed by atoms with van der Waals surface area (Å²) in [6, 6.07) is 8.53. The smallest absolute Gasteiger partial charge is 0.218 e. The second-order valence-corrected chi connectivity index (χ2v) is 6.50. The molecule has 20 heavy (non-hydrogen) atoms. The Hall–Kier alpha value is -2.17. The number of hydrogen-bond acceptors (Lipinski definition) is 4. The van der Waals surface area contributed by atoms with E-state index < -0.39 is 10.0 Å². The number of nitrogens with one attached hydrogen (secondary N) is 1. The molecule has 2 aromatic rings. The molecule has 2 rings (SSSR count). The molecule has 1 aromatic heterocycles. The Morgan fingerprint density at radius 1 is 1.30 bits per heavy atom. The van der Waals surface area contributed by atoms with E-state index in [0.717, 1.165) is 5.56 Å². The van der Waals surface area contributed by atoms with Crippen LogP contribution in [-0.2, 0) is 22.3 Å². The van der Waals surface area contributed by atoms with Crippen molar-refractivity contribution in [1.82, 2.24) is 14.5 Å². The number of H-pyrrole nitrogens is 1. The van der Waals surface area contributed by atoms with Crippen LogP contribution < -0.4 is 0 Å². The van der Waals surface area contributed by atoms with Gasteiger partial charge in [-0.25, -0.2) is 12.7 Å². The Morgan fingerprint density at radius 3 is 2.55 bits per heavy atom. The Kier molecular flexibility index (Phi) is 4.17. The van der Waals surface area contributed by atoms with Crippen LogP contribution in [0.4, 0.5) is 0 Å². The zero-order chi connectivity index (χ0) is 14.6. The Morgan fingerprint density at radius 2 is 2.00 bits per heavy atom. The van der Waals surface area contributed by atoms with Crippen LogP contribution in [0.1, 0.15) is 16.7 Å². The number of aromatic amines is 1. The van der Waals surface area contributed by atoms with E-state index in [1.54, 1.807) is 36.7 Å². The number of aromatic nitrogens is 2. The number of nitrogens with zero attached hydrogens (tertiary/aromatic N) is 3. The third kappa shape index (κ3) is 3.44. The van der Waals surface area contributed by atoms with Gasteiger partial charge in [0.2, 0.25) is 10.0 Å². The van der Waals surface area contributed by atoms with Crippen molar-refractivity contribution in [3.8, 4) is 6.07 Å². The quantitative estimate of drug-likeness (QED) is 0.897. The van der Waals surface area contributed by atoms with Gasteiger partial charge in [-0.2, -0.15) is 10.4 Å². The summed E-state index contributed by atoms with van der Waals surface area (Å²) in [7, 11) is -1.87. The van der Waals surface area contributed by atoms with Gasteiger partial charge in [-0.15, -0.1) is 0 Å². The van der Waals surface area contributed by atoms with E-state index in [0.29, 0.717) is 11.1 Å². The normalized spacial score (nSPS) is 11.4. The van der Waals surface area contributed by atoms with Crippen LogP contribution in [-0.4, -0.2) is 30.0 Å². The zero-order valence-electron chi connectivity index (χ0n) is 10.9. The fourth-order valence-electron chi connectivity index (χ4n) is 1.72. The Bertz CT molecular complexity index is 700. The monoisotopic (exact) mass is 290 g/mol. The van der Waals surface area contributed by atoms with Crippen molar-refractivity contribution < 1.29 is 8.42 Å². The highest BCUT2D eigenvalue weighted by Crippen LogP contribution is 2.13. The average molecular weight is 290 g/mol. The first kappa shape index (κ1) is 14.2. The van der Waals surface area contributed by atoms with E-state index >= 15 is 0 Å². The Balaban J connectivity index is 2.08. The fourth-order valence-corrected chi connectivity index (χ4v) is 2.90. The number of hydrogen-bond donors (Lipinski definition) is 1. The first-order chi connectivity index (χ1) is 9.51. The molecular weight excluding hydrogens is 276 g/mol. The second kappa shape index (κ2) is 5.86. The lowest BCUT2D eigenvalue weighted by Crippen LogP contribution is -2.27. The molecule has 6 nitrogen and oxygen atoms in total. The lowest BCUT2D eigenvalue weighted by molar-refractivity contribution is 0.466. The molecule has 0 unspecified atom stereocenters. The molecule has 0 radical (unpaired) electrons. The van der Waals surface area contributed by atoms with Gasteiger partial charge in [-0.05, 0) is 17.7 Å². The second-order valence-electron chi connectivity index (χ2n) is 4.43. The molecule has 0 aliphatic rings. The minimum Gasteiger partial charge on any atom is -0.285 e. The van der Waals surface area contributed by atoms with Gasteiger partial charge in [0.1, 0.15) is 0 Å². The summed E-state index contributed by atoms with van der Waals surface area (Å²) in [6.07, 6.45) is 3.25. The summed E-state index contributed by atoms with van der Waals surface area (Å²) in [6.45, 7) is 0.273. The summed E-state index contributed by atoms with van der Waals surface area (Å²) in [5.74, 6) is -0.0902. The summed E-state index contributed by atoms with van der Waals surface area (Å²) in [5.41, 5.74) is 1.97. The molecular formula is C13H14N4O2S. The van der Waals surface area contributed by atoms with Gasteiger partial charge in [-0.3, -0.25) is 5.10 Å². The van der Waals surface area contributed by atoms with Crippen molar-refractivity contribution in [2.24, 2.45) is 0 Å². The van der Waals surface area contributed by atoms with Crippen molar-refractivity contribution in [3.05, 3.63) is 53.3 Å². The highest BCUT2D eigenvalue weighted by molar-refractivity contribution is 7.88. The van der Waals surface area contributed by atoms with E-state index in [1.807, 2.05) is 6.07 Å². The molecule has 0 aliphatic carbocycles. The predicted octanol–water partition coefficient (Wildman–Crippen LogP) is 1.24. The molecule has 0 fully saturated rings. The summed E-state index contributed by atoms with van der Waals surface area (Å²) in [4.78, 5) is 0. The van der Waals surface area contributed by atoms with Crippen molar-refractivity contribution in [1.29, 1.82) is 5.26 Å². The van der Waals surface area contributed by atoms with Crippen LogP contribution in [0, 0.1) is 11.3 Å². The summed E-state index contributed by atoms with van der Waals surface area (Å²) >= 11 is 0. The third-order valence-corrected chi connectivity index (χ3v) is 4.64. The maximum absolute atomic E-state index is 12.2. The van der Waals surface area contributed by atoms with Crippen molar-refractivity contribution in [2.75, 3.05) is 7.05 Å². The van der Waals surface area contributed by atoms with E-state index in [1.165, 1.54) is 11.4 Å². The van der Waals surface area contributed by atoms with Gasteiger partial charge in [0.05, 0.1) is 23.6 Å². The van der Waals surface area contributed by atoms with Gasteiger partial charge < -0.3 is 0 Å². The van der Waals surface area contributed by atoms with Crippen LogP contribution in [0.3, 0.4) is 0 Å². The largest absolute Gasteiger partial charge is 0.285 e. The molecule has 0 spiro atoms. The van der Waals surface area contributed by atoms with Gasteiger partial charge in [0.25, 0.3) is 0 Å². The molecule has 0 bridgehead atoms. The van der Waals surface area contributed by atoms with Crippen LogP contribution in [0.2, 0.25) is 0 Å². The predicted molar refractivity (Wildman–Crippen MR) is 73.8 cm³/mol. The maximum atomic E-state index is 12.2. The fraction of sp³-hybridized carbons (Fsp3) is 0.231. The minimum atomic E-state index is -3.40. The van der Waals surface area contributed by atoms with Crippen molar-refractivity contribution >= 4 is 10.0 Å². The summed E-state index contributed by atoms with van der Waals surface area (Å²) in [5, 5.41) is 15.1. The van der Waals surface area contributed by atoms with Crippen molar-refractivity contribution in [3.63, 3.8) is 0 Å². The van der Waals surface area contributed by atoms with Gasteiger partial charge >= 0.3 is 0 Å². The van der Waals surface area contributed by atoms with Gasteiger partial charge in [0.15, 0.2) is 0 Å². The van der Waals surface area contributed by atoms with E-state index in [-0.39, 0.29) is 12.3 Å². The number of nitriles is 1. The molecule has 0 saturated carbocycles. The average Bonchev–Trinajstić information content (AvgIpc) is 2.92. The zero-order valence-corrected chi connectivity index (χ0v) is 11.8. The maximum Gasteiger partial charge on any atom is 0.218 e. The number of sulfonamides is 1. The van der Waals surface area contributed by atoms with E-state index in [4.69, 9.17) is 5.26 Å². The van der Waals surface area contributed by atoms with Crippen LogP contribution >= 0.6 is 0 Å². The molecule has 7 heteroatoms. The molecule has 104 valence electrons. The van der Waals surface area contributed by atoms with Crippen LogP contribution in [0.25, 0.3) is 0 Å². The van der Waals surface area contributed by atoms with Gasteiger partial charge in [-0.1, -0.05) is 12.1 Å². The minimum absolute atomic E-state index is 0.0902. The lowest BCUT2D eigenvalue weighted by Gasteiger charge is -2.16. The van der Waals surface area contributed by atoms with E-state index in [9.17, 15) is 8.42 Å². The Labute approximate surface area is 117 Å². The molecule has 0 aliphatic heterocycles. The first-order valence-electron chi connectivity index (χ1n) is 5.92. The highest BCUT2D eigenvalue weighted by atomic mass is 32.2. The standard InChI is InChI=1S/C13H14N4O2S/c1-17(9-13-7-15-16-8-13)20(18,19)10-12-4-2-11(6-14)3-5-12/h2-5,7-8H,9-10H2,1H3,(H,15,16). The molecule has 0 saturated heterocycles. The molecule has 1 N–H and O–H groups in total. The van der Waals surface area contributed by atoms with Crippen LogP contribution in [0.15, 0.2) is 36.7 Å². The molecule has 1 heterocycles. The first-order valence-corrected chi connectivity index (χ1v) is 7.53. The topological polar surface area (TPSA) is 89.8 Å². The molecule has 1 aromatic carbocycles. The van der Waals surface area contributed by atoms with E-state index in [2.05, 4.69) is 10.2 Å². The summed E-state index contributed by atoms with van der Waals surface area (Å²) < 4.78 is 25.7. The lowest BCUT2D eigenvalue weighted by atomic mass is 10.2. The number of benzene rings is 1. The van der Waals surface area contributed by atoms with Gasteiger partial charge in [0, 0.05) is 25.4 Å². The molecule has 0 amide bonds. The van der Waals surface area contributed by atoms with Crippen LogP contribution in [0.5, 0.6) is 0 Å².